The Balaban J connectivity index is 1.90. The van der Waals surface area contributed by atoms with Gasteiger partial charge < -0.3 is 19.7 Å². The van der Waals surface area contributed by atoms with Gasteiger partial charge in [0, 0.05) is 46.0 Å². The molecule has 0 saturated carbocycles. The van der Waals surface area contributed by atoms with Gasteiger partial charge in [-0.05, 0) is 43.6 Å². The van der Waals surface area contributed by atoms with Crippen LogP contribution in [0.15, 0.2) is 0 Å². The number of nitrogens with zero attached hydrogens (tertiary/aromatic N) is 1. The zero-order chi connectivity index (χ0) is 15.1. The molecule has 2 heterocycles. The number of hydrogen-bond acceptors (Lipinski definition) is 4. The van der Waals surface area contributed by atoms with Crippen LogP contribution < -0.4 is 5.32 Å². The molecule has 2 fully saturated rings. The van der Waals surface area contributed by atoms with Crippen LogP contribution in [0.3, 0.4) is 0 Å². The molecular formula is C17H34N2O2. The standard InChI is InChI=1S/C17H34N2O2/c1-15(2)18-13-17(6-9-21-10-7-17)14-19-8-4-5-16(11-19)12-20-3/h15-16,18H,4-14H2,1-3H3. The molecule has 0 aromatic heterocycles. The van der Waals surface area contributed by atoms with Crippen LogP contribution >= 0.6 is 0 Å². The Morgan fingerprint density at radius 1 is 1.33 bits per heavy atom. The summed E-state index contributed by atoms with van der Waals surface area (Å²) in [7, 11) is 1.82. The fraction of sp³-hybridized carbons (Fsp3) is 1.00. The van der Waals surface area contributed by atoms with E-state index in [1.54, 1.807) is 0 Å². The molecule has 2 rings (SSSR count). The molecule has 0 aliphatic carbocycles. The second kappa shape index (κ2) is 8.47. The van der Waals surface area contributed by atoms with E-state index in [0.717, 1.165) is 32.3 Å². The molecule has 124 valence electrons. The largest absolute Gasteiger partial charge is 0.384 e. The number of likely N-dealkylation sites (tertiary alicyclic amines) is 1. The number of nitrogens with one attached hydrogen (secondary N) is 1. The Morgan fingerprint density at radius 2 is 2.10 bits per heavy atom. The monoisotopic (exact) mass is 298 g/mol. The van der Waals surface area contributed by atoms with E-state index in [4.69, 9.17) is 9.47 Å². The normalized spacial score (nSPS) is 27.1. The molecule has 2 aliphatic rings. The van der Waals surface area contributed by atoms with Gasteiger partial charge in [-0.2, -0.15) is 0 Å². The molecule has 2 aliphatic heterocycles. The minimum Gasteiger partial charge on any atom is -0.384 e. The van der Waals surface area contributed by atoms with Crippen molar-refractivity contribution in [1.29, 1.82) is 0 Å². The van der Waals surface area contributed by atoms with E-state index in [-0.39, 0.29) is 0 Å². The van der Waals surface area contributed by atoms with Crippen LogP contribution in [0.5, 0.6) is 0 Å². The Bertz CT molecular complexity index is 289. The summed E-state index contributed by atoms with van der Waals surface area (Å²) in [6.45, 7) is 12.0. The number of methoxy groups -OCH3 is 1. The highest BCUT2D eigenvalue weighted by molar-refractivity contribution is 4.89. The molecule has 0 amide bonds. The number of piperidine rings is 1. The van der Waals surface area contributed by atoms with Crippen molar-refractivity contribution < 1.29 is 9.47 Å². The first kappa shape index (κ1) is 17.2. The minimum absolute atomic E-state index is 0.400. The third kappa shape index (κ3) is 5.51. The van der Waals surface area contributed by atoms with Crippen LogP contribution in [0, 0.1) is 11.3 Å². The summed E-state index contributed by atoms with van der Waals surface area (Å²) >= 11 is 0. The van der Waals surface area contributed by atoms with Crippen molar-refractivity contribution in [3.63, 3.8) is 0 Å². The fourth-order valence-electron chi connectivity index (χ4n) is 3.76. The lowest BCUT2D eigenvalue weighted by Crippen LogP contribution is -2.50. The lowest BCUT2D eigenvalue weighted by atomic mass is 9.78. The molecule has 21 heavy (non-hydrogen) atoms. The Kier molecular flexibility index (Phi) is 6.93. The highest BCUT2D eigenvalue weighted by atomic mass is 16.5. The third-order valence-electron chi connectivity index (χ3n) is 5.00. The van der Waals surface area contributed by atoms with Gasteiger partial charge >= 0.3 is 0 Å². The molecule has 0 spiro atoms. The second-order valence-electron chi connectivity index (χ2n) is 7.35. The third-order valence-corrected chi connectivity index (χ3v) is 5.00. The summed E-state index contributed by atoms with van der Waals surface area (Å²) in [5, 5.41) is 3.68. The Hall–Kier alpha value is -0.160. The topological polar surface area (TPSA) is 33.7 Å². The summed E-state index contributed by atoms with van der Waals surface area (Å²) in [6.07, 6.45) is 5.03. The average molecular weight is 298 g/mol. The number of ether oxygens (including phenoxy) is 2. The predicted molar refractivity (Wildman–Crippen MR) is 86.7 cm³/mol. The van der Waals surface area contributed by atoms with E-state index in [1.165, 1.54) is 45.3 Å². The predicted octanol–water partition coefficient (Wildman–Crippen LogP) is 2.14. The van der Waals surface area contributed by atoms with Crippen molar-refractivity contribution in [2.45, 2.75) is 45.6 Å². The zero-order valence-corrected chi connectivity index (χ0v) is 14.2. The van der Waals surface area contributed by atoms with Crippen molar-refractivity contribution >= 4 is 0 Å². The van der Waals surface area contributed by atoms with Crippen molar-refractivity contribution in [2.24, 2.45) is 11.3 Å². The zero-order valence-electron chi connectivity index (χ0n) is 14.2. The van der Waals surface area contributed by atoms with Gasteiger partial charge in [-0.25, -0.2) is 0 Å². The van der Waals surface area contributed by atoms with Gasteiger partial charge in [-0.15, -0.1) is 0 Å². The van der Waals surface area contributed by atoms with E-state index in [2.05, 4.69) is 24.1 Å². The molecule has 0 radical (unpaired) electrons. The Labute approximate surface area is 130 Å². The molecule has 0 aromatic rings. The van der Waals surface area contributed by atoms with Gasteiger partial charge in [0.25, 0.3) is 0 Å². The maximum Gasteiger partial charge on any atom is 0.0502 e. The lowest BCUT2D eigenvalue weighted by molar-refractivity contribution is -0.0157. The molecule has 0 bridgehead atoms. The maximum absolute atomic E-state index is 5.61. The highest BCUT2D eigenvalue weighted by Crippen LogP contribution is 2.32. The van der Waals surface area contributed by atoms with Crippen molar-refractivity contribution in [1.82, 2.24) is 10.2 Å². The molecule has 1 N–H and O–H groups in total. The van der Waals surface area contributed by atoms with Crippen LogP contribution in [-0.2, 0) is 9.47 Å². The first-order valence-electron chi connectivity index (χ1n) is 8.66. The van der Waals surface area contributed by atoms with Crippen molar-refractivity contribution in [3.8, 4) is 0 Å². The molecule has 1 unspecified atom stereocenters. The molecule has 4 heteroatoms. The quantitative estimate of drug-likeness (QED) is 0.781. The van der Waals surface area contributed by atoms with Gasteiger partial charge in [-0.3, -0.25) is 0 Å². The summed E-state index contributed by atoms with van der Waals surface area (Å²) < 4.78 is 11.0. The SMILES string of the molecule is COCC1CCCN(CC2(CNC(C)C)CCOCC2)C1. The van der Waals surface area contributed by atoms with E-state index < -0.39 is 0 Å². The van der Waals surface area contributed by atoms with Gasteiger partial charge in [-0.1, -0.05) is 13.8 Å². The van der Waals surface area contributed by atoms with Crippen LogP contribution in [0.1, 0.15) is 39.5 Å². The van der Waals surface area contributed by atoms with Gasteiger partial charge in [0.05, 0.1) is 6.61 Å². The van der Waals surface area contributed by atoms with Crippen molar-refractivity contribution in [3.05, 3.63) is 0 Å². The van der Waals surface area contributed by atoms with E-state index in [0.29, 0.717) is 11.5 Å². The Morgan fingerprint density at radius 3 is 2.76 bits per heavy atom. The van der Waals surface area contributed by atoms with Crippen molar-refractivity contribution in [2.75, 3.05) is 53.1 Å². The smallest absolute Gasteiger partial charge is 0.0502 e. The summed E-state index contributed by atoms with van der Waals surface area (Å²) in [5.74, 6) is 0.721. The number of rotatable bonds is 7. The summed E-state index contributed by atoms with van der Waals surface area (Å²) in [4.78, 5) is 2.68. The average Bonchev–Trinajstić information content (AvgIpc) is 2.47. The first-order valence-corrected chi connectivity index (χ1v) is 8.66. The molecule has 4 nitrogen and oxygen atoms in total. The summed E-state index contributed by atoms with van der Waals surface area (Å²) in [6, 6.07) is 0.562. The minimum atomic E-state index is 0.400. The van der Waals surface area contributed by atoms with Crippen LogP contribution in [-0.4, -0.2) is 64.1 Å². The fourth-order valence-corrected chi connectivity index (χ4v) is 3.76. The second-order valence-corrected chi connectivity index (χ2v) is 7.35. The van der Waals surface area contributed by atoms with Gasteiger partial charge in [0.15, 0.2) is 0 Å². The van der Waals surface area contributed by atoms with Crippen LogP contribution in [0.4, 0.5) is 0 Å². The van der Waals surface area contributed by atoms with Crippen LogP contribution in [0.25, 0.3) is 0 Å². The highest BCUT2D eigenvalue weighted by Gasteiger charge is 2.35. The van der Waals surface area contributed by atoms with E-state index >= 15 is 0 Å². The van der Waals surface area contributed by atoms with E-state index in [9.17, 15) is 0 Å². The maximum atomic E-state index is 5.61. The number of hydrogen-bond donors (Lipinski definition) is 1. The molecular weight excluding hydrogens is 264 g/mol. The van der Waals surface area contributed by atoms with E-state index in [1.807, 2.05) is 7.11 Å². The van der Waals surface area contributed by atoms with Gasteiger partial charge in [0.2, 0.25) is 0 Å². The molecule has 1 atom stereocenters. The molecule has 2 saturated heterocycles. The molecule has 0 aromatic carbocycles. The van der Waals surface area contributed by atoms with Crippen LogP contribution in [0.2, 0.25) is 0 Å². The lowest BCUT2D eigenvalue weighted by Gasteiger charge is -2.44. The summed E-state index contributed by atoms with van der Waals surface area (Å²) in [5.41, 5.74) is 0.400. The first-order chi connectivity index (χ1) is 10.1. The van der Waals surface area contributed by atoms with Gasteiger partial charge in [0.1, 0.15) is 0 Å².